The maximum Gasteiger partial charge on any atom is 0.0827 e. The third kappa shape index (κ3) is 3.66. The molecule has 0 radical (unpaired) electrons. The van der Waals surface area contributed by atoms with Gasteiger partial charge in [-0.1, -0.05) is 36.4 Å². The number of halogens is 1. The quantitative estimate of drug-likeness (QED) is 0.574. The molecule has 1 saturated carbocycles. The summed E-state index contributed by atoms with van der Waals surface area (Å²) in [5.74, 6) is 0.536. The second-order valence-corrected chi connectivity index (χ2v) is 5.94. The monoisotopic (exact) mass is 312 g/mol. The molecule has 0 saturated heterocycles. The molecule has 1 fully saturated rings. The highest BCUT2D eigenvalue weighted by Gasteiger charge is 2.26. The maximum atomic E-state index is 5.90. The van der Waals surface area contributed by atoms with Crippen LogP contribution in [0, 0.1) is 5.92 Å². The first-order chi connectivity index (χ1) is 6.65. The predicted molar refractivity (Wildman–Crippen MR) is 67.0 cm³/mol. The predicted octanol–water partition coefficient (Wildman–Crippen LogP) is 3.03. The first-order valence-electron chi connectivity index (χ1n) is 5.43. The lowest BCUT2D eigenvalue weighted by Gasteiger charge is -2.22. The van der Waals surface area contributed by atoms with Gasteiger partial charge in [-0.25, -0.2) is 0 Å². The SMILES string of the molecule is COC(COC1CCCC1I)C(C)C. The molecule has 0 aliphatic heterocycles. The van der Waals surface area contributed by atoms with E-state index in [1.165, 1.54) is 19.3 Å². The first kappa shape index (κ1) is 12.7. The van der Waals surface area contributed by atoms with Gasteiger partial charge in [-0.3, -0.25) is 0 Å². The van der Waals surface area contributed by atoms with E-state index in [0.717, 1.165) is 6.61 Å². The van der Waals surface area contributed by atoms with E-state index in [4.69, 9.17) is 9.47 Å². The highest BCUT2D eigenvalue weighted by molar-refractivity contribution is 14.1. The van der Waals surface area contributed by atoms with Gasteiger partial charge < -0.3 is 9.47 Å². The summed E-state index contributed by atoms with van der Waals surface area (Å²) in [4.78, 5) is 0. The van der Waals surface area contributed by atoms with Gasteiger partial charge in [0.05, 0.1) is 18.8 Å². The van der Waals surface area contributed by atoms with E-state index in [2.05, 4.69) is 36.4 Å². The molecule has 0 N–H and O–H groups in total. The van der Waals surface area contributed by atoms with Crippen LogP contribution in [0.25, 0.3) is 0 Å². The van der Waals surface area contributed by atoms with Crippen molar-refractivity contribution in [3.63, 3.8) is 0 Å². The number of hydrogen-bond donors (Lipinski definition) is 0. The fraction of sp³-hybridized carbons (Fsp3) is 1.00. The summed E-state index contributed by atoms with van der Waals surface area (Å²) in [6.07, 6.45) is 4.57. The van der Waals surface area contributed by atoms with E-state index in [1.807, 2.05) is 0 Å². The van der Waals surface area contributed by atoms with Crippen LogP contribution < -0.4 is 0 Å². The lowest BCUT2D eigenvalue weighted by atomic mass is 10.1. The van der Waals surface area contributed by atoms with Crippen molar-refractivity contribution in [3.8, 4) is 0 Å². The third-order valence-electron chi connectivity index (χ3n) is 2.89. The highest BCUT2D eigenvalue weighted by Crippen LogP contribution is 2.28. The Morgan fingerprint density at radius 1 is 1.36 bits per heavy atom. The molecule has 3 unspecified atom stereocenters. The molecular weight excluding hydrogens is 291 g/mol. The van der Waals surface area contributed by atoms with E-state index in [1.54, 1.807) is 7.11 Å². The average molecular weight is 312 g/mol. The van der Waals surface area contributed by atoms with Crippen molar-refractivity contribution in [2.45, 2.75) is 49.2 Å². The van der Waals surface area contributed by atoms with Gasteiger partial charge in [0.2, 0.25) is 0 Å². The topological polar surface area (TPSA) is 18.5 Å². The molecule has 3 heteroatoms. The van der Waals surface area contributed by atoms with Gasteiger partial charge in [-0.2, -0.15) is 0 Å². The van der Waals surface area contributed by atoms with E-state index in [-0.39, 0.29) is 6.10 Å². The molecule has 0 aromatic heterocycles. The van der Waals surface area contributed by atoms with Gasteiger partial charge in [-0.05, 0) is 25.2 Å². The van der Waals surface area contributed by atoms with Gasteiger partial charge in [0, 0.05) is 11.0 Å². The van der Waals surface area contributed by atoms with Crippen LogP contribution in [-0.2, 0) is 9.47 Å². The van der Waals surface area contributed by atoms with Crippen molar-refractivity contribution in [1.82, 2.24) is 0 Å². The minimum Gasteiger partial charge on any atom is -0.379 e. The van der Waals surface area contributed by atoms with Crippen LogP contribution in [0.1, 0.15) is 33.1 Å². The van der Waals surface area contributed by atoms with Crippen molar-refractivity contribution in [2.75, 3.05) is 13.7 Å². The molecule has 2 nitrogen and oxygen atoms in total. The minimum atomic E-state index is 0.249. The summed E-state index contributed by atoms with van der Waals surface area (Å²) in [7, 11) is 1.77. The zero-order chi connectivity index (χ0) is 10.6. The Labute approximate surface area is 101 Å². The molecule has 0 heterocycles. The smallest absolute Gasteiger partial charge is 0.0827 e. The van der Waals surface area contributed by atoms with Crippen LogP contribution in [-0.4, -0.2) is 29.8 Å². The summed E-state index contributed by atoms with van der Waals surface area (Å²) in [6.45, 7) is 5.10. The van der Waals surface area contributed by atoms with Crippen molar-refractivity contribution in [1.29, 1.82) is 0 Å². The van der Waals surface area contributed by atoms with Crippen molar-refractivity contribution in [2.24, 2.45) is 5.92 Å². The Morgan fingerprint density at radius 3 is 2.50 bits per heavy atom. The number of hydrogen-bond acceptors (Lipinski definition) is 2. The lowest BCUT2D eigenvalue weighted by Crippen LogP contribution is -2.29. The van der Waals surface area contributed by atoms with E-state index < -0.39 is 0 Å². The zero-order valence-corrected chi connectivity index (χ0v) is 11.5. The van der Waals surface area contributed by atoms with E-state index in [0.29, 0.717) is 15.9 Å². The summed E-state index contributed by atoms with van der Waals surface area (Å²) in [5.41, 5.74) is 0. The number of alkyl halides is 1. The van der Waals surface area contributed by atoms with Crippen LogP contribution in [0.3, 0.4) is 0 Å². The largest absolute Gasteiger partial charge is 0.379 e. The standard InChI is InChI=1S/C11H21IO2/c1-8(2)11(13-3)7-14-10-6-4-5-9(10)12/h8-11H,4-7H2,1-3H3. The van der Waals surface area contributed by atoms with E-state index in [9.17, 15) is 0 Å². The zero-order valence-electron chi connectivity index (χ0n) is 9.33. The van der Waals surface area contributed by atoms with Crippen molar-refractivity contribution >= 4 is 22.6 Å². The van der Waals surface area contributed by atoms with Gasteiger partial charge in [0.15, 0.2) is 0 Å². The molecule has 1 aliphatic carbocycles. The molecule has 84 valence electrons. The summed E-state index contributed by atoms with van der Waals surface area (Å²) < 4.78 is 12.0. The molecule has 0 aromatic carbocycles. The van der Waals surface area contributed by atoms with Gasteiger partial charge >= 0.3 is 0 Å². The molecule has 0 amide bonds. The fourth-order valence-electron chi connectivity index (χ4n) is 1.82. The Balaban J connectivity index is 2.24. The number of ether oxygens (including phenoxy) is 2. The first-order valence-corrected chi connectivity index (χ1v) is 6.68. The highest BCUT2D eigenvalue weighted by atomic mass is 127. The molecule has 0 bridgehead atoms. The third-order valence-corrected chi connectivity index (χ3v) is 4.32. The number of methoxy groups -OCH3 is 1. The summed E-state index contributed by atoms with van der Waals surface area (Å²) >= 11 is 2.50. The van der Waals surface area contributed by atoms with Gasteiger partial charge in [0.1, 0.15) is 0 Å². The van der Waals surface area contributed by atoms with Crippen molar-refractivity contribution in [3.05, 3.63) is 0 Å². The fourth-order valence-corrected chi connectivity index (χ4v) is 2.83. The second-order valence-electron chi connectivity index (χ2n) is 4.34. The van der Waals surface area contributed by atoms with Crippen LogP contribution in [0.15, 0.2) is 0 Å². The Hall–Kier alpha value is 0.650. The molecular formula is C11H21IO2. The second kappa shape index (κ2) is 6.28. The molecule has 0 spiro atoms. The Morgan fingerprint density at radius 2 is 2.07 bits per heavy atom. The average Bonchev–Trinajstić information content (AvgIpc) is 2.52. The Kier molecular flexibility index (Phi) is 5.71. The molecule has 14 heavy (non-hydrogen) atoms. The molecule has 1 aliphatic rings. The molecule has 0 aromatic rings. The maximum absolute atomic E-state index is 5.90. The van der Waals surface area contributed by atoms with Crippen molar-refractivity contribution < 1.29 is 9.47 Å². The molecule has 3 atom stereocenters. The Bertz CT molecular complexity index is 159. The minimum absolute atomic E-state index is 0.249. The van der Waals surface area contributed by atoms with Gasteiger partial charge in [0.25, 0.3) is 0 Å². The summed E-state index contributed by atoms with van der Waals surface area (Å²) in [5, 5.41) is 0. The lowest BCUT2D eigenvalue weighted by molar-refractivity contribution is -0.0402. The normalized spacial score (nSPS) is 29.8. The number of rotatable bonds is 5. The molecule has 1 rings (SSSR count). The van der Waals surface area contributed by atoms with Crippen LogP contribution in [0.5, 0.6) is 0 Å². The van der Waals surface area contributed by atoms with Gasteiger partial charge in [-0.15, -0.1) is 0 Å². The van der Waals surface area contributed by atoms with E-state index >= 15 is 0 Å². The summed E-state index contributed by atoms with van der Waals surface area (Å²) in [6, 6.07) is 0. The van der Waals surface area contributed by atoms with Crippen LogP contribution in [0.4, 0.5) is 0 Å². The van der Waals surface area contributed by atoms with Crippen LogP contribution >= 0.6 is 22.6 Å². The van der Waals surface area contributed by atoms with Crippen LogP contribution in [0.2, 0.25) is 0 Å².